The minimum Gasteiger partial charge on any atom is -0.375 e. The zero-order valence-electron chi connectivity index (χ0n) is 14.6. The summed E-state index contributed by atoms with van der Waals surface area (Å²) in [6, 6.07) is -0.345. The van der Waals surface area contributed by atoms with Crippen LogP contribution in [0.1, 0.15) is 65.7 Å². The normalized spacial score (nSPS) is 30.1. The monoisotopic (exact) mass is 310 g/mol. The number of nitrogens with two attached hydrogens (primary N) is 1. The first kappa shape index (κ1) is 17.7. The molecule has 2 atom stereocenters. The number of amides is 1. The van der Waals surface area contributed by atoms with Gasteiger partial charge in [-0.25, -0.2) is 0 Å². The smallest absolute Gasteiger partial charge is 0.239 e. The maximum absolute atomic E-state index is 12.4. The second-order valence-electron chi connectivity index (χ2n) is 7.45. The van der Waals surface area contributed by atoms with Crippen molar-refractivity contribution in [1.29, 1.82) is 0 Å². The van der Waals surface area contributed by atoms with Crippen LogP contribution in [-0.4, -0.2) is 42.1 Å². The van der Waals surface area contributed by atoms with Crippen LogP contribution >= 0.6 is 0 Å². The van der Waals surface area contributed by atoms with Crippen molar-refractivity contribution in [3.8, 4) is 0 Å². The Balaban J connectivity index is 1.72. The fourth-order valence-corrected chi connectivity index (χ4v) is 3.56. The van der Waals surface area contributed by atoms with E-state index < -0.39 is 0 Å². The standard InChI is InChI=1S/C18H34N2O2/c1-4-14(3)17(19)18(21)20-11-9-16(10-12-20)22-15-7-5-13(2)6-8-15/h13-17H,4-12,19H2,1-3H3. The van der Waals surface area contributed by atoms with Crippen LogP contribution in [0.4, 0.5) is 0 Å². The van der Waals surface area contributed by atoms with E-state index in [4.69, 9.17) is 10.5 Å². The highest BCUT2D eigenvalue weighted by Gasteiger charge is 2.30. The number of hydrogen-bond donors (Lipinski definition) is 1. The van der Waals surface area contributed by atoms with Crippen LogP contribution in [0.2, 0.25) is 0 Å². The van der Waals surface area contributed by atoms with Crippen LogP contribution < -0.4 is 5.73 Å². The van der Waals surface area contributed by atoms with E-state index in [-0.39, 0.29) is 17.9 Å². The lowest BCUT2D eigenvalue weighted by Gasteiger charge is -2.37. The Labute approximate surface area is 135 Å². The van der Waals surface area contributed by atoms with E-state index in [2.05, 4.69) is 20.8 Å². The Kier molecular flexibility index (Phi) is 6.69. The Morgan fingerprint density at radius 1 is 1.14 bits per heavy atom. The van der Waals surface area contributed by atoms with Crippen LogP contribution in [0.3, 0.4) is 0 Å². The molecule has 1 saturated heterocycles. The summed E-state index contributed by atoms with van der Waals surface area (Å²) in [6.07, 6.45) is 8.67. The Morgan fingerprint density at radius 2 is 1.68 bits per heavy atom. The van der Waals surface area contributed by atoms with E-state index in [1.807, 2.05) is 4.90 Å². The van der Waals surface area contributed by atoms with Gasteiger partial charge >= 0.3 is 0 Å². The Bertz CT molecular complexity index is 345. The van der Waals surface area contributed by atoms with Gasteiger partial charge in [-0.3, -0.25) is 4.79 Å². The van der Waals surface area contributed by atoms with E-state index in [1.165, 1.54) is 25.7 Å². The zero-order valence-corrected chi connectivity index (χ0v) is 14.6. The van der Waals surface area contributed by atoms with Crippen molar-refractivity contribution < 1.29 is 9.53 Å². The molecule has 1 amide bonds. The average Bonchev–Trinajstić information content (AvgIpc) is 2.55. The molecule has 1 saturated carbocycles. The van der Waals surface area contributed by atoms with Crippen molar-refractivity contribution in [3.63, 3.8) is 0 Å². The molecule has 1 aliphatic carbocycles. The van der Waals surface area contributed by atoms with Crippen LogP contribution in [-0.2, 0) is 9.53 Å². The summed E-state index contributed by atoms with van der Waals surface area (Å²) >= 11 is 0. The minimum absolute atomic E-state index is 0.124. The summed E-state index contributed by atoms with van der Waals surface area (Å²) < 4.78 is 6.27. The molecule has 1 aliphatic heterocycles. The van der Waals surface area contributed by atoms with Gasteiger partial charge in [-0.05, 0) is 50.4 Å². The van der Waals surface area contributed by atoms with E-state index in [0.717, 1.165) is 38.3 Å². The maximum atomic E-state index is 12.4. The summed E-state index contributed by atoms with van der Waals surface area (Å²) in [4.78, 5) is 14.3. The number of nitrogens with zero attached hydrogens (tertiary/aromatic N) is 1. The SMILES string of the molecule is CCC(C)C(N)C(=O)N1CCC(OC2CCC(C)CC2)CC1. The van der Waals surface area contributed by atoms with E-state index in [0.29, 0.717) is 12.2 Å². The van der Waals surface area contributed by atoms with Gasteiger partial charge in [0.05, 0.1) is 18.2 Å². The molecule has 2 fully saturated rings. The largest absolute Gasteiger partial charge is 0.375 e. The molecule has 0 bridgehead atoms. The highest BCUT2D eigenvalue weighted by molar-refractivity contribution is 5.82. The van der Waals surface area contributed by atoms with Gasteiger partial charge in [0.25, 0.3) is 0 Å². The molecule has 2 rings (SSSR count). The molecule has 2 aliphatic rings. The Morgan fingerprint density at radius 3 is 2.23 bits per heavy atom. The predicted molar refractivity (Wildman–Crippen MR) is 89.5 cm³/mol. The second kappa shape index (κ2) is 8.30. The molecule has 0 aromatic carbocycles. The summed E-state index contributed by atoms with van der Waals surface area (Å²) in [5.41, 5.74) is 6.08. The molecule has 2 N–H and O–H groups in total. The quantitative estimate of drug-likeness (QED) is 0.849. The van der Waals surface area contributed by atoms with Gasteiger partial charge in [0.1, 0.15) is 0 Å². The van der Waals surface area contributed by atoms with Crippen LogP contribution in [0.15, 0.2) is 0 Å². The third-order valence-electron chi connectivity index (χ3n) is 5.64. The van der Waals surface area contributed by atoms with E-state index in [9.17, 15) is 4.79 Å². The summed E-state index contributed by atoms with van der Waals surface area (Å²) in [7, 11) is 0. The van der Waals surface area contributed by atoms with Crippen molar-refractivity contribution in [2.45, 2.75) is 84.0 Å². The molecule has 0 spiro atoms. The second-order valence-corrected chi connectivity index (χ2v) is 7.45. The number of rotatable bonds is 5. The lowest BCUT2D eigenvalue weighted by Crippen LogP contribution is -2.50. The van der Waals surface area contributed by atoms with Gasteiger partial charge in [-0.15, -0.1) is 0 Å². The van der Waals surface area contributed by atoms with Crippen LogP contribution in [0.25, 0.3) is 0 Å². The first-order chi connectivity index (χ1) is 10.5. The topological polar surface area (TPSA) is 55.6 Å². The lowest BCUT2D eigenvalue weighted by atomic mass is 9.88. The lowest BCUT2D eigenvalue weighted by molar-refractivity contribution is -0.137. The summed E-state index contributed by atoms with van der Waals surface area (Å²) in [5.74, 6) is 1.24. The van der Waals surface area contributed by atoms with Gasteiger partial charge in [-0.1, -0.05) is 27.2 Å². The van der Waals surface area contributed by atoms with E-state index in [1.54, 1.807) is 0 Å². The molecule has 0 aromatic rings. The summed E-state index contributed by atoms with van der Waals surface area (Å²) in [6.45, 7) is 8.08. The first-order valence-corrected chi connectivity index (χ1v) is 9.21. The van der Waals surface area contributed by atoms with Gasteiger partial charge in [0.15, 0.2) is 0 Å². The fraction of sp³-hybridized carbons (Fsp3) is 0.944. The first-order valence-electron chi connectivity index (χ1n) is 9.21. The molecule has 0 radical (unpaired) electrons. The molecule has 22 heavy (non-hydrogen) atoms. The molecular formula is C18H34N2O2. The van der Waals surface area contributed by atoms with Crippen molar-refractivity contribution in [3.05, 3.63) is 0 Å². The van der Waals surface area contributed by atoms with Crippen molar-refractivity contribution in [2.75, 3.05) is 13.1 Å². The number of ether oxygens (including phenoxy) is 1. The number of piperidine rings is 1. The van der Waals surface area contributed by atoms with Gasteiger partial charge < -0.3 is 15.4 Å². The fourth-order valence-electron chi connectivity index (χ4n) is 3.56. The third-order valence-corrected chi connectivity index (χ3v) is 5.64. The third kappa shape index (κ3) is 4.69. The van der Waals surface area contributed by atoms with Gasteiger partial charge in [0, 0.05) is 13.1 Å². The maximum Gasteiger partial charge on any atom is 0.239 e. The highest BCUT2D eigenvalue weighted by Crippen LogP contribution is 2.28. The van der Waals surface area contributed by atoms with Crippen LogP contribution in [0, 0.1) is 11.8 Å². The van der Waals surface area contributed by atoms with E-state index >= 15 is 0 Å². The van der Waals surface area contributed by atoms with Gasteiger partial charge in [-0.2, -0.15) is 0 Å². The van der Waals surface area contributed by atoms with Crippen LogP contribution in [0.5, 0.6) is 0 Å². The molecule has 4 heteroatoms. The zero-order chi connectivity index (χ0) is 16.1. The molecule has 2 unspecified atom stereocenters. The highest BCUT2D eigenvalue weighted by atomic mass is 16.5. The molecular weight excluding hydrogens is 276 g/mol. The minimum atomic E-state index is -0.345. The Hall–Kier alpha value is -0.610. The number of carbonyl (C=O) groups excluding carboxylic acids is 1. The molecule has 0 aromatic heterocycles. The van der Waals surface area contributed by atoms with Crippen molar-refractivity contribution in [1.82, 2.24) is 4.90 Å². The van der Waals surface area contributed by atoms with Crippen molar-refractivity contribution in [2.24, 2.45) is 17.6 Å². The number of hydrogen-bond acceptors (Lipinski definition) is 3. The molecule has 128 valence electrons. The summed E-state index contributed by atoms with van der Waals surface area (Å²) in [5, 5.41) is 0. The average molecular weight is 310 g/mol. The van der Waals surface area contributed by atoms with Crippen molar-refractivity contribution >= 4 is 5.91 Å². The predicted octanol–water partition coefficient (Wildman–Crippen LogP) is 2.95. The molecule has 1 heterocycles. The molecule has 4 nitrogen and oxygen atoms in total. The number of likely N-dealkylation sites (tertiary alicyclic amines) is 1. The number of carbonyl (C=O) groups is 1. The van der Waals surface area contributed by atoms with Gasteiger partial charge in [0.2, 0.25) is 5.91 Å².